The van der Waals surface area contributed by atoms with Gasteiger partial charge in [0.1, 0.15) is 17.9 Å². The van der Waals surface area contributed by atoms with Crippen molar-refractivity contribution in [1.29, 1.82) is 0 Å². The molecule has 2 amide bonds. The monoisotopic (exact) mass is 461 g/mol. The molecule has 1 heterocycles. The Morgan fingerprint density at radius 2 is 1.70 bits per heavy atom. The summed E-state index contributed by atoms with van der Waals surface area (Å²) in [6.45, 7) is 2.46. The molecule has 33 heavy (non-hydrogen) atoms. The van der Waals surface area contributed by atoms with Gasteiger partial charge in [-0.15, -0.1) is 0 Å². The fraction of sp³-hybridized carbons (Fsp3) is 0.227. The van der Waals surface area contributed by atoms with E-state index >= 15 is 0 Å². The minimum atomic E-state index is -4.50. The quantitative estimate of drug-likeness (QED) is 0.394. The van der Waals surface area contributed by atoms with Gasteiger partial charge < -0.3 is 25.4 Å². The summed E-state index contributed by atoms with van der Waals surface area (Å²) in [6, 6.07) is 11.0. The molecule has 0 aliphatic heterocycles. The number of aryl methyl sites for hydroxylation is 1. The van der Waals surface area contributed by atoms with E-state index in [1.54, 1.807) is 37.4 Å². The van der Waals surface area contributed by atoms with Gasteiger partial charge in [-0.25, -0.2) is 14.8 Å². The second-order valence-corrected chi connectivity index (χ2v) is 6.89. The third kappa shape index (κ3) is 7.07. The number of amides is 2. The Balaban J connectivity index is 1.58. The highest BCUT2D eigenvalue weighted by Gasteiger charge is 2.32. The predicted octanol–water partition coefficient (Wildman–Crippen LogP) is 5.30. The lowest BCUT2D eigenvalue weighted by molar-refractivity contribution is -0.138. The molecule has 0 fully saturated rings. The standard InChI is InChI=1S/C22H22F3N5O3/c1-14-3-4-16(11-18(14)22(23,24)25)30-21(31)29-15-5-7-17(8-6-15)33-20-12-19(27-13-28-20)26-9-10-32-2/h3-8,11-13H,9-10H2,1-2H3,(H,26,27,28)(H2,29,30,31). The highest BCUT2D eigenvalue weighted by molar-refractivity contribution is 5.99. The molecule has 0 saturated carbocycles. The maximum atomic E-state index is 13.0. The zero-order chi connectivity index (χ0) is 23.8. The first-order valence-corrected chi connectivity index (χ1v) is 9.83. The van der Waals surface area contributed by atoms with Crippen molar-refractivity contribution in [3.8, 4) is 11.6 Å². The van der Waals surface area contributed by atoms with Crippen LogP contribution >= 0.6 is 0 Å². The highest BCUT2D eigenvalue weighted by atomic mass is 19.4. The lowest BCUT2D eigenvalue weighted by Gasteiger charge is -2.13. The van der Waals surface area contributed by atoms with Gasteiger partial charge >= 0.3 is 12.2 Å². The summed E-state index contributed by atoms with van der Waals surface area (Å²) in [5, 5.41) is 8.02. The molecule has 1 aromatic heterocycles. The van der Waals surface area contributed by atoms with Crippen LogP contribution in [0.1, 0.15) is 11.1 Å². The van der Waals surface area contributed by atoms with Gasteiger partial charge in [0.15, 0.2) is 0 Å². The summed E-state index contributed by atoms with van der Waals surface area (Å²) in [7, 11) is 1.60. The Morgan fingerprint density at radius 3 is 2.39 bits per heavy atom. The fourth-order valence-electron chi connectivity index (χ4n) is 2.80. The first-order valence-electron chi connectivity index (χ1n) is 9.83. The molecule has 0 spiro atoms. The van der Waals surface area contributed by atoms with Gasteiger partial charge in [0, 0.05) is 31.1 Å². The summed E-state index contributed by atoms with van der Waals surface area (Å²) in [5.74, 6) is 1.37. The van der Waals surface area contributed by atoms with Crippen molar-refractivity contribution in [2.24, 2.45) is 0 Å². The van der Waals surface area contributed by atoms with E-state index in [0.29, 0.717) is 36.3 Å². The smallest absolute Gasteiger partial charge is 0.416 e. The minimum absolute atomic E-state index is 0.0315. The number of hydrogen-bond donors (Lipinski definition) is 3. The number of nitrogens with one attached hydrogen (secondary N) is 3. The average Bonchev–Trinajstić information content (AvgIpc) is 2.76. The lowest BCUT2D eigenvalue weighted by Crippen LogP contribution is -2.20. The minimum Gasteiger partial charge on any atom is -0.439 e. The van der Waals surface area contributed by atoms with E-state index < -0.39 is 17.8 Å². The number of benzene rings is 2. The van der Waals surface area contributed by atoms with Crippen LogP contribution in [0.3, 0.4) is 0 Å². The number of anilines is 3. The SMILES string of the molecule is COCCNc1cc(Oc2ccc(NC(=O)Nc3ccc(C)c(C(F)(F)F)c3)cc2)ncn1. The van der Waals surface area contributed by atoms with Crippen LogP contribution < -0.4 is 20.7 Å². The number of alkyl halides is 3. The number of rotatable bonds is 8. The zero-order valence-electron chi connectivity index (χ0n) is 17.9. The zero-order valence-corrected chi connectivity index (χ0v) is 17.9. The summed E-state index contributed by atoms with van der Waals surface area (Å²) >= 11 is 0. The Labute approximate surface area is 188 Å². The van der Waals surface area contributed by atoms with Gasteiger partial charge in [0.05, 0.1) is 12.2 Å². The third-order valence-corrected chi connectivity index (χ3v) is 4.39. The van der Waals surface area contributed by atoms with E-state index in [2.05, 4.69) is 25.9 Å². The maximum Gasteiger partial charge on any atom is 0.416 e. The molecule has 0 aliphatic carbocycles. The van der Waals surface area contributed by atoms with Crippen molar-refractivity contribution in [2.45, 2.75) is 13.1 Å². The van der Waals surface area contributed by atoms with E-state index in [4.69, 9.17) is 9.47 Å². The van der Waals surface area contributed by atoms with Gasteiger partial charge in [-0.2, -0.15) is 13.2 Å². The number of halogens is 3. The Hall–Kier alpha value is -3.86. The van der Waals surface area contributed by atoms with Crippen molar-refractivity contribution < 1.29 is 27.4 Å². The molecule has 174 valence electrons. The second-order valence-electron chi connectivity index (χ2n) is 6.89. The van der Waals surface area contributed by atoms with Gasteiger partial charge in [-0.1, -0.05) is 6.07 Å². The summed E-state index contributed by atoms with van der Waals surface area (Å²) in [6.07, 6.45) is -3.14. The van der Waals surface area contributed by atoms with Gasteiger partial charge in [-0.05, 0) is 48.9 Å². The van der Waals surface area contributed by atoms with Gasteiger partial charge in [0.25, 0.3) is 0 Å². The molecule has 0 aliphatic rings. The number of carbonyl (C=O) groups is 1. The van der Waals surface area contributed by atoms with Crippen molar-refractivity contribution in [3.05, 3.63) is 66.0 Å². The number of methoxy groups -OCH3 is 1. The number of urea groups is 1. The van der Waals surface area contributed by atoms with Crippen LogP contribution in [0, 0.1) is 6.92 Å². The summed E-state index contributed by atoms with van der Waals surface area (Å²) < 4.78 is 49.8. The molecule has 11 heteroatoms. The lowest BCUT2D eigenvalue weighted by atomic mass is 10.1. The Kier molecular flexibility index (Phi) is 7.67. The van der Waals surface area contributed by atoms with Crippen molar-refractivity contribution in [3.63, 3.8) is 0 Å². The fourth-order valence-corrected chi connectivity index (χ4v) is 2.80. The molecule has 2 aromatic carbocycles. The van der Waals surface area contributed by atoms with E-state index in [9.17, 15) is 18.0 Å². The van der Waals surface area contributed by atoms with E-state index in [1.165, 1.54) is 25.4 Å². The molecule has 0 saturated heterocycles. The molecule has 0 bridgehead atoms. The van der Waals surface area contributed by atoms with E-state index in [0.717, 1.165) is 6.07 Å². The third-order valence-electron chi connectivity index (χ3n) is 4.39. The van der Waals surface area contributed by atoms with Crippen molar-refractivity contribution in [1.82, 2.24) is 9.97 Å². The normalized spacial score (nSPS) is 11.1. The largest absolute Gasteiger partial charge is 0.439 e. The van der Waals surface area contributed by atoms with Crippen LogP contribution in [0.5, 0.6) is 11.6 Å². The molecule has 3 rings (SSSR count). The van der Waals surface area contributed by atoms with E-state index in [-0.39, 0.29) is 11.3 Å². The maximum absolute atomic E-state index is 13.0. The van der Waals surface area contributed by atoms with E-state index in [1.807, 2.05) is 0 Å². The van der Waals surface area contributed by atoms with Crippen LogP contribution in [0.25, 0.3) is 0 Å². The van der Waals surface area contributed by atoms with Crippen molar-refractivity contribution in [2.75, 3.05) is 36.2 Å². The van der Waals surface area contributed by atoms with Crippen LogP contribution in [0.15, 0.2) is 54.9 Å². The molecule has 3 aromatic rings. The molecule has 0 atom stereocenters. The van der Waals surface area contributed by atoms with Crippen molar-refractivity contribution >= 4 is 23.2 Å². The Morgan fingerprint density at radius 1 is 1.00 bits per heavy atom. The average molecular weight is 461 g/mol. The van der Waals surface area contributed by atoms with Crippen LogP contribution in [-0.2, 0) is 10.9 Å². The van der Waals surface area contributed by atoms with Gasteiger partial charge in [-0.3, -0.25) is 0 Å². The molecule has 0 unspecified atom stereocenters. The number of nitrogens with zero attached hydrogens (tertiary/aromatic N) is 2. The number of ether oxygens (including phenoxy) is 2. The second kappa shape index (κ2) is 10.6. The molecule has 0 radical (unpaired) electrons. The molecular formula is C22H22F3N5O3. The van der Waals surface area contributed by atoms with Crippen LogP contribution in [-0.4, -0.2) is 36.3 Å². The molecular weight excluding hydrogens is 439 g/mol. The number of hydrogen-bond acceptors (Lipinski definition) is 6. The first-order chi connectivity index (χ1) is 15.7. The van der Waals surface area contributed by atoms with Gasteiger partial charge in [0.2, 0.25) is 5.88 Å². The summed E-state index contributed by atoms with van der Waals surface area (Å²) in [4.78, 5) is 20.3. The summed E-state index contributed by atoms with van der Waals surface area (Å²) in [5.41, 5.74) is -0.272. The Bertz CT molecular complexity index is 1090. The highest BCUT2D eigenvalue weighted by Crippen LogP contribution is 2.33. The predicted molar refractivity (Wildman–Crippen MR) is 118 cm³/mol. The molecule has 3 N–H and O–H groups in total. The van der Waals surface area contributed by atoms with Crippen LogP contribution in [0.2, 0.25) is 0 Å². The number of aromatic nitrogens is 2. The number of carbonyl (C=O) groups excluding carboxylic acids is 1. The van der Waals surface area contributed by atoms with Crippen LogP contribution in [0.4, 0.5) is 35.2 Å². The first kappa shape index (κ1) is 23.8. The molecule has 8 nitrogen and oxygen atoms in total. The topological polar surface area (TPSA) is 97.4 Å².